The van der Waals surface area contributed by atoms with Crippen LogP contribution in [0.4, 0.5) is 0 Å². The van der Waals surface area contributed by atoms with Crippen molar-refractivity contribution < 1.29 is 24.2 Å². The van der Waals surface area contributed by atoms with Gasteiger partial charge in [0.05, 0.1) is 25.2 Å². The molecule has 3 aliphatic heterocycles. The van der Waals surface area contributed by atoms with Crippen LogP contribution in [0.1, 0.15) is 0 Å². The van der Waals surface area contributed by atoms with Crippen molar-refractivity contribution in [2.45, 2.75) is 11.7 Å². The Kier molecular flexibility index (Phi) is 2.46. The molecule has 4 atom stereocenters. The minimum absolute atomic E-state index is 0.133. The van der Waals surface area contributed by atoms with Crippen LogP contribution in [-0.2, 0) is 19.1 Å². The quantitative estimate of drug-likeness (QED) is 0.683. The molecule has 0 aromatic carbocycles. The zero-order valence-electron chi connectivity index (χ0n) is 10.0. The van der Waals surface area contributed by atoms with Gasteiger partial charge in [-0.3, -0.25) is 9.59 Å². The summed E-state index contributed by atoms with van der Waals surface area (Å²) in [6.07, 6.45) is 3.16. The highest BCUT2D eigenvalue weighted by atomic mass is 16.5. The van der Waals surface area contributed by atoms with Crippen molar-refractivity contribution in [1.82, 2.24) is 4.90 Å². The first kappa shape index (κ1) is 11.7. The summed E-state index contributed by atoms with van der Waals surface area (Å²) in [4.78, 5) is 25.2. The molecule has 2 saturated heterocycles. The van der Waals surface area contributed by atoms with Gasteiger partial charge in [-0.2, -0.15) is 0 Å². The Hall–Kier alpha value is -1.40. The maximum absolute atomic E-state index is 12.3. The number of ether oxygens (including phenoxy) is 2. The molecular weight excluding hydrogens is 238 g/mol. The number of aliphatic carboxylic acids is 1. The number of fused-ring (bicyclic) bond motifs is 1. The van der Waals surface area contributed by atoms with E-state index in [4.69, 9.17) is 9.47 Å². The molecule has 0 saturated carbocycles. The van der Waals surface area contributed by atoms with Crippen LogP contribution in [0.15, 0.2) is 12.2 Å². The molecule has 0 aliphatic carbocycles. The first-order valence-electron chi connectivity index (χ1n) is 5.97. The minimum Gasteiger partial charge on any atom is -0.481 e. The van der Waals surface area contributed by atoms with Crippen LogP contribution in [0, 0.1) is 11.8 Å². The van der Waals surface area contributed by atoms with Crippen molar-refractivity contribution in [1.29, 1.82) is 0 Å². The largest absolute Gasteiger partial charge is 0.481 e. The first-order valence-corrected chi connectivity index (χ1v) is 5.97. The summed E-state index contributed by atoms with van der Waals surface area (Å²) in [6.45, 7) is 1.35. The Morgan fingerprint density at radius 3 is 3.17 bits per heavy atom. The molecular formula is C12H15NO5. The maximum atomic E-state index is 12.3. The molecule has 6 nitrogen and oxygen atoms in total. The first-order chi connectivity index (χ1) is 8.59. The number of hydrogen-bond acceptors (Lipinski definition) is 4. The second kappa shape index (κ2) is 3.80. The van der Waals surface area contributed by atoms with Crippen molar-refractivity contribution in [3.63, 3.8) is 0 Å². The fraction of sp³-hybridized carbons (Fsp3) is 0.667. The van der Waals surface area contributed by atoms with Gasteiger partial charge in [-0.05, 0) is 0 Å². The topological polar surface area (TPSA) is 76.1 Å². The van der Waals surface area contributed by atoms with Crippen LogP contribution in [0.5, 0.6) is 0 Å². The molecule has 0 aromatic heterocycles. The number of carbonyl (C=O) groups is 2. The number of carboxylic acids is 1. The second-order valence-corrected chi connectivity index (χ2v) is 4.99. The van der Waals surface area contributed by atoms with Gasteiger partial charge in [0.15, 0.2) is 0 Å². The fourth-order valence-electron chi connectivity index (χ4n) is 3.25. The highest BCUT2D eigenvalue weighted by molar-refractivity contribution is 5.90. The molecule has 3 rings (SSSR count). The van der Waals surface area contributed by atoms with Crippen molar-refractivity contribution in [2.24, 2.45) is 11.8 Å². The van der Waals surface area contributed by atoms with Crippen LogP contribution in [-0.4, -0.2) is 60.4 Å². The third kappa shape index (κ3) is 1.36. The van der Waals surface area contributed by atoms with E-state index < -0.39 is 29.5 Å². The molecule has 2 fully saturated rings. The summed E-state index contributed by atoms with van der Waals surface area (Å²) in [6, 6.07) is 0. The summed E-state index contributed by atoms with van der Waals surface area (Å²) in [5, 5.41) is 9.25. The molecule has 1 amide bonds. The number of likely N-dealkylation sites (tertiary alicyclic amines) is 1. The predicted octanol–water partition coefficient (Wildman–Crippen LogP) is -0.501. The van der Waals surface area contributed by atoms with Crippen LogP contribution < -0.4 is 0 Å². The second-order valence-electron chi connectivity index (χ2n) is 4.99. The standard InChI is InChI=1S/C12H15NO5/c1-17-5-4-13-6-12-3-2-7(18-12)8(11(15)16)9(12)10(13)14/h2-3,7-9H,4-6H2,1H3,(H,15,16)/t7-,8+,9-,12?/m1/s1. The Morgan fingerprint density at radius 2 is 2.50 bits per heavy atom. The number of nitrogens with zero attached hydrogens (tertiary/aromatic N) is 1. The van der Waals surface area contributed by atoms with Crippen LogP contribution in [0.25, 0.3) is 0 Å². The Bertz CT molecular complexity index is 434. The molecule has 1 unspecified atom stereocenters. The predicted molar refractivity (Wildman–Crippen MR) is 59.8 cm³/mol. The molecule has 0 aromatic rings. The molecule has 6 heteroatoms. The van der Waals surface area contributed by atoms with Gasteiger partial charge in [-0.1, -0.05) is 12.2 Å². The van der Waals surface area contributed by atoms with E-state index in [1.165, 1.54) is 0 Å². The van der Waals surface area contributed by atoms with Gasteiger partial charge in [0.1, 0.15) is 11.5 Å². The van der Waals surface area contributed by atoms with E-state index in [1.807, 2.05) is 6.08 Å². The van der Waals surface area contributed by atoms with Gasteiger partial charge in [0.25, 0.3) is 0 Å². The SMILES string of the molecule is COCCN1CC23C=C[C@@H](O2)[C@H](C(=O)O)[C@@H]3C1=O. The monoisotopic (exact) mass is 253 g/mol. The molecule has 98 valence electrons. The van der Waals surface area contributed by atoms with E-state index in [0.29, 0.717) is 19.7 Å². The van der Waals surface area contributed by atoms with Gasteiger partial charge >= 0.3 is 5.97 Å². The molecule has 1 spiro atoms. The number of amides is 1. The smallest absolute Gasteiger partial charge is 0.310 e. The van der Waals surface area contributed by atoms with Gasteiger partial charge < -0.3 is 19.5 Å². The van der Waals surface area contributed by atoms with E-state index in [1.54, 1.807) is 18.1 Å². The van der Waals surface area contributed by atoms with Crippen molar-refractivity contribution in [3.05, 3.63) is 12.2 Å². The van der Waals surface area contributed by atoms with Crippen molar-refractivity contribution >= 4 is 11.9 Å². The molecule has 3 aliphatic rings. The Labute approximate surface area is 104 Å². The van der Waals surface area contributed by atoms with Gasteiger partial charge in [-0.15, -0.1) is 0 Å². The lowest BCUT2D eigenvalue weighted by atomic mass is 9.77. The number of rotatable bonds is 4. The highest BCUT2D eigenvalue weighted by Crippen LogP contribution is 2.51. The van der Waals surface area contributed by atoms with Crippen LogP contribution in [0.2, 0.25) is 0 Å². The lowest BCUT2D eigenvalue weighted by molar-refractivity contribution is -0.148. The van der Waals surface area contributed by atoms with E-state index in [0.717, 1.165) is 0 Å². The highest BCUT2D eigenvalue weighted by Gasteiger charge is 2.66. The lowest BCUT2D eigenvalue weighted by Crippen LogP contribution is -2.39. The normalized spacial score (nSPS) is 40.6. The van der Waals surface area contributed by atoms with E-state index >= 15 is 0 Å². The number of carbonyl (C=O) groups excluding carboxylic acids is 1. The third-order valence-corrected chi connectivity index (χ3v) is 4.03. The average Bonchev–Trinajstić information content (AvgIpc) is 2.95. The summed E-state index contributed by atoms with van der Waals surface area (Å²) >= 11 is 0. The Morgan fingerprint density at radius 1 is 1.72 bits per heavy atom. The average molecular weight is 253 g/mol. The maximum Gasteiger partial charge on any atom is 0.310 e. The fourth-order valence-corrected chi connectivity index (χ4v) is 3.25. The van der Waals surface area contributed by atoms with E-state index in [-0.39, 0.29) is 5.91 Å². The van der Waals surface area contributed by atoms with E-state index in [2.05, 4.69) is 0 Å². The lowest BCUT2D eigenvalue weighted by Gasteiger charge is -2.21. The molecule has 18 heavy (non-hydrogen) atoms. The van der Waals surface area contributed by atoms with Crippen molar-refractivity contribution in [3.8, 4) is 0 Å². The number of carboxylic acid groups (broad SMARTS) is 1. The number of methoxy groups -OCH3 is 1. The van der Waals surface area contributed by atoms with Gasteiger partial charge in [0, 0.05) is 13.7 Å². The zero-order valence-corrected chi connectivity index (χ0v) is 10.0. The summed E-state index contributed by atoms with van der Waals surface area (Å²) in [5.74, 6) is -2.43. The Balaban J connectivity index is 1.87. The van der Waals surface area contributed by atoms with Crippen molar-refractivity contribution in [2.75, 3.05) is 26.8 Å². The van der Waals surface area contributed by atoms with Gasteiger partial charge in [0.2, 0.25) is 5.91 Å². The zero-order chi connectivity index (χ0) is 12.9. The summed E-state index contributed by atoms with van der Waals surface area (Å²) in [5.41, 5.74) is -0.724. The van der Waals surface area contributed by atoms with Gasteiger partial charge in [-0.25, -0.2) is 0 Å². The van der Waals surface area contributed by atoms with Crippen LogP contribution in [0.3, 0.4) is 0 Å². The minimum atomic E-state index is -0.960. The summed E-state index contributed by atoms with van der Waals surface area (Å²) < 4.78 is 10.7. The van der Waals surface area contributed by atoms with Crippen LogP contribution >= 0.6 is 0 Å². The molecule has 3 heterocycles. The number of hydrogen-bond donors (Lipinski definition) is 1. The summed E-state index contributed by atoms with van der Waals surface area (Å²) in [7, 11) is 1.57. The van der Waals surface area contributed by atoms with E-state index in [9.17, 15) is 14.7 Å². The molecule has 1 N–H and O–H groups in total. The third-order valence-electron chi connectivity index (χ3n) is 4.03. The molecule has 2 bridgehead atoms. The molecule has 0 radical (unpaired) electrons.